The fourth-order valence-electron chi connectivity index (χ4n) is 1.31. The van der Waals surface area contributed by atoms with Gasteiger partial charge in [0.1, 0.15) is 5.82 Å². The molecule has 0 spiro atoms. The van der Waals surface area contributed by atoms with Crippen LogP contribution in [-0.2, 0) is 16.6 Å². The van der Waals surface area contributed by atoms with Crippen LogP contribution in [-0.4, -0.2) is 21.0 Å². The average molecular weight is 244 g/mol. The maximum Gasteiger partial charge on any atom is 0.338 e. The van der Waals surface area contributed by atoms with Crippen LogP contribution in [0.15, 0.2) is 18.2 Å². The van der Waals surface area contributed by atoms with Gasteiger partial charge in [0, 0.05) is 22.3 Å². The zero-order valence-electron chi connectivity index (χ0n) is 8.90. The maximum atomic E-state index is 13.3. The molecule has 0 aliphatic carbocycles. The smallest absolute Gasteiger partial charge is 0.338 e. The van der Waals surface area contributed by atoms with Gasteiger partial charge in [0.25, 0.3) is 0 Å². The van der Waals surface area contributed by atoms with Crippen LogP contribution in [0.2, 0.25) is 0 Å². The second-order valence-corrected chi connectivity index (χ2v) is 4.98. The van der Waals surface area contributed by atoms with Crippen LogP contribution >= 0.6 is 0 Å². The number of carbonyl (C=O) groups is 1. The third-order valence-corrected chi connectivity index (χ3v) is 3.54. The number of halogens is 1. The van der Waals surface area contributed by atoms with Crippen molar-refractivity contribution >= 4 is 16.8 Å². The highest BCUT2D eigenvalue weighted by Gasteiger charge is 2.11. The Hall–Kier alpha value is -1.23. The molecule has 1 aromatic rings. The van der Waals surface area contributed by atoms with Crippen molar-refractivity contribution in [2.24, 2.45) is 0 Å². The second kappa shape index (κ2) is 5.75. The molecule has 0 amide bonds. The van der Waals surface area contributed by atoms with Crippen molar-refractivity contribution in [3.63, 3.8) is 0 Å². The van der Waals surface area contributed by atoms with E-state index in [1.807, 2.05) is 6.92 Å². The van der Waals surface area contributed by atoms with Crippen molar-refractivity contribution in [1.82, 2.24) is 0 Å². The second-order valence-electron chi connectivity index (χ2n) is 3.41. The third-order valence-electron chi connectivity index (χ3n) is 2.02. The molecule has 5 heteroatoms. The van der Waals surface area contributed by atoms with Crippen LogP contribution in [0.1, 0.15) is 29.3 Å². The van der Waals surface area contributed by atoms with Gasteiger partial charge in [-0.3, -0.25) is 4.21 Å². The molecule has 0 fully saturated rings. The lowest BCUT2D eigenvalue weighted by atomic mass is 10.1. The summed E-state index contributed by atoms with van der Waals surface area (Å²) in [5.41, 5.74) is 0.208. The van der Waals surface area contributed by atoms with E-state index in [1.54, 1.807) is 0 Å². The van der Waals surface area contributed by atoms with Gasteiger partial charge in [-0.15, -0.1) is 0 Å². The Balaban J connectivity index is 2.81. The molecule has 0 saturated carbocycles. The number of hydrogen-bond acceptors (Lipinski definition) is 2. The summed E-state index contributed by atoms with van der Waals surface area (Å²) in [5.74, 6) is -1.23. The minimum Gasteiger partial charge on any atom is -0.478 e. The van der Waals surface area contributed by atoms with Crippen molar-refractivity contribution in [2.45, 2.75) is 19.1 Å². The summed E-state index contributed by atoms with van der Waals surface area (Å²) in [6, 6.07) is 3.84. The van der Waals surface area contributed by atoms with E-state index in [-0.39, 0.29) is 11.3 Å². The number of benzene rings is 1. The summed E-state index contributed by atoms with van der Waals surface area (Å²) in [5, 5.41) is 8.62. The standard InChI is InChI=1S/C11H13FO3S/c1-2-5-16(15)7-8-3-4-9(11(13)14)10(12)6-8/h3-4,6H,2,5,7H2,1H3,(H,13,14). The molecule has 0 aliphatic rings. The average Bonchev–Trinajstić information content (AvgIpc) is 2.17. The summed E-state index contributed by atoms with van der Waals surface area (Å²) in [6.45, 7) is 1.92. The topological polar surface area (TPSA) is 54.4 Å². The summed E-state index contributed by atoms with van der Waals surface area (Å²) < 4.78 is 24.7. The summed E-state index contributed by atoms with van der Waals surface area (Å²) >= 11 is 0. The molecular formula is C11H13FO3S. The van der Waals surface area contributed by atoms with Gasteiger partial charge in [-0.25, -0.2) is 9.18 Å². The van der Waals surface area contributed by atoms with Gasteiger partial charge in [-0.1, -0.05) is 13.0 Å². The highest BCUT2D eigenvalue weighted by atomic mass is 32.2. The molecule has 0 saturated heterocycles. The molecule has 3 nitrogen and oxygen atoms in total. The first kappa shape index (κ1) is 12.8. The van der Waals surface area contributed by atoms with Gasteiger partial charge in [0.15, 0.2) is 0 Å². The van der Waals surface area contributed by atoms with E-state index in [0.717, 1.165) is 12.5 Å². The predicted octanol–water partition coefficient (Wildman–Crippen LogP) is 2.18. The molecule has 88 valence electrons. The molecule has 0 bridgehead atoms. The van der Waals surface area contributed by atoms with E-state index < -0.39 is 22.6 Å². The van der Waals surface area contributed by atoms with Gasteiger partial charge in [-0.2, -0.15) is 0 Å². The van der Waals surface area contributed by atoms with Gasteiger partial charge in [0.2, 0.25) is 0 Å². The SMILES string of the molecule is CCCS(=O)Cc1ccc(C(=O)O)c(F)c1. The first-order chi connectivity index (χ1) is 7.54. The molecule has 0 radical (unpaired) electrons. The fraction of sp³-hybridized carbons (Fsp3) is 0.364. The zero-order chi connectivity index (χ0) is 12.1. The van der Waals surface area contributed by atoms with Gasteiger partial charge < -0.3 is 5.11 Å². The lowest BCUT2D eigenvalue weighted by Crippen LogP contribution is -2.04. The highest BCUT2D eigenvalue weighted by Crippen LogP contribution is 2.12. The predicted molar refractivity (Wildman–Crippen MR) is 60.4 cm³/mol. The molecule has 1 atom stereocenters. The van der Waals surface area contributed by atoms with Crippen molar-refractivity contribution in [3.8, 4) is 0 Å². The molecule has 0 aliphatic heterocycles. The van der Waals surface area contributed by atoms with Gasteiger partial charge in [0.05, 0.1) is 5.56 Å². The fourth-order valence-corrected chi connectivity index (χ4v) is 2.46. The third kappa shape index (κ3) is 3.41. The normalized spacial score (nSPS) is 12.4. The van der Waals surface area contributed by atoms with Crippen LogP contribution in [0.5, 0.6) is 0 Å². The quantitative estimate of drug-likeness (QED) is 0.863. The van der Waals surface area contributed by atoms with E-state index >= 15 is 0 Å². The molecule has 1 rings (SSSR count). The van der Waals surface area contributed by atoms with E-state index in [0.29, 0.717) is 11.3 Å². The number of aromatic carboxylic acids is 1. The highest BCUT2D eigenvalue weighted by molar-refractivity contribution is 7.84. The summed E-state index contributed by atoms with van der Waals surface area (Å²) in [6.07, 6.45) is 0.808. The molecule has 1 N–H and O–H groups in total. The monoisotopic (exact) mass is 244 g/mol. The molecule has 1 unspecified atom stereocenters. The Bertz CT molecular complexity index is 418. The molecule has 16 heavy (non-hydrogen) atoms. The number of carboxylic acids is 1. The Morgan fingerprint density at radius 1 is 1.50 bits per heavy atom. The summed E-state index contributed by atoms with van der Waals surface area (Å²) in [7, 11) is -1.01. The largest absolute Gasteiger partial charge is 0.478 e. The summed E-state index contributed by atoms with van der Waals surface area (Å²) in [4.78, 5) is 10.6. The van der Waals surface area contributed by atoms with Crippen LogP contribution in [0.3, 0.4) is 0 Å². The minimum atomic E-state index is -1.29. The van der Waals surface area contributed by atoms with Crippen molar-refractivity contribution in [1.29, 1.82) is 0 Å². The Morgan fingerprint density at radius 2 is 2.19 bits per heavy atom. The van der Waals surface area contributed by atoms with Gasteiger partial charge >= 0.3 is 5.97 Å². The maximum absolute atomic E-state index is 13.3. The van der Waals surface area contributed by atoms with E-state index in [9.17, 15) is 13.4 Å². The Morgan fingerprint density at radius 3 is 2.69 bits per heavy atom. The number of rotatable bonds is 5. The lowest BCUT2D eigenvalue weighted by Gasteiger charge is -2.03. The molecular weight excluding hydrogens is 231 g/mol. The van der Waals surface area contributed by atoms with Crippen molar-refractivity contribution in [2.75, 3.05) is 5.75 Å². The first-order valence-electron chi connectivity index (χ1n) is 4.91. The first-order valence-corrected chi connectivity index (χ1v) is 6.40. The van der Waals surface area contributed by atoms with E-state index in [4.69, 9.17) is 5.11 Å². The van der Waals surface area contributed by atoms with Crippen molar-refractivity contribution < 1.29 is 18.5 Å². The zero-order valence-corrected chi connectivity index (χ0v) is 9.72. The minimum absolute atomic E-state index is 0.269. The van der Waals surface area contributed by atoms with Crippen LogP contribution in [0.25, 0.3) is 0 Å². The Kier molecular flexibility index (Phi) is 4.61. The lowest BCUT2D eigenvalue weighted by molar-refractivity contribution is 0.0692. The number of hydrogen-bond donors (Lipinski definition) is 1. The van der Waals surface area contributed by atoms with Crippen LogP contribution in [0.4, 0.5) is 4.39 Å². The molecule has 0 aromatic heterocycles. The molecule has 1 aromatic carbocycles. The van der Waals surface area contributed by atoms with Crippen molar-refractivity contribution in [3.05, 3.63) is 35.1 Å². The van der Waals surface area contributed by atoms with Crippen LogP contribution in [0, 0.1) is 5.82 Å². The van der Waals surface area contributed by atoms with E-state index in [1.165, 1.54) is 12.1 Å². The van der Waals surface area contributed by atoms with E-state index in [2.05, 4.69) is 0 Å². The number of carboxylic acid groups (broad SMARTS) is 1. The van der Waals surface area contributed by atoms with Gasteiger partial charge in [-0.05, 0) is 24.1 Å². The van der Waals surface area contributed by atoms with Crippen LogP contribution < -0.4 is 0 Å². The molecule has 0 heterocycles. The Labute approximate surface area is 95.8 Å².